The maximum absolute atomic E-state index is 14.5. The number of likely N-dealkylation sites (N-methyl/N-ethyl adjacent to an activating group) is 1. The number of nitrogens with zero attached hydrogens (tertiary/aromatic N) is 5. The fourth-order valence-electron chi connectivity index (χ4n) is 11.1. The summed E-state index contributed by atoms with van der Waals surface area (Å²) in [6.45, 7) is 17.8. The van der Waals surface area contributed by atoms with Crippen molar-refractivity contribution < 1.29 is 42.7 Å². The molecular weight excluding hydrogens is 951 g/mol. The third kappa shape index (κ3) is 17.0. The first-order valence-corrected chi connectivity index (χ1v) is 27.5. The Morgan fingerprint density at radius 2 is 1.45 bits per heavy atom. The molecular formula is C59H87N7O9. The van der Waals surface area contributed by atoms with E-state index in [0.717, 1.165) is 49.7 Å². The quantitative estimate of drug-likeness (QED) is 0.0449. The molecule has 3 aromatic rings. The SMILES string of the molecule is CCC(C)C(CC(C)CC(=O)C(NC(=O)C(C(C)C)N(C)CCCCCCN1C(=O)C=CC1=O)C(C)C)C(CC(=O)N1CCCC1C(OC)C(C)C(=O)NC(Cc1ccccc1)c1nnc(-c2ccccc2)o1)OC. The number of methoxy groups -OCH3 is 2. The minimum Gasteiger partial charge on any atom is -0.418 e. The molecule has 5 amide bonds. The second-order valence-electron chi connectivity index (χ2n) is 21.9. The van der Waals surface area contributed by atoms with E-state index in [-0.39, 0.29) is 83.8 Å². The summed E-state index contributed by atoms with van der Waals surface area (Å²) in [6, 6.07) is 17.3. The van der Waals surface area contributed by atoms with Crippen molar-refractivity contribution in [1.82, 2.24) is 35.5 Å². The number of rotatable bonds is 32. The van der Waals surface area contributed by atoms with Gasteiger partial charge in [0.1, 0.15) is 6.04 Å². The van der Waals surface area contributed by atoms with E-state index in [2.05, 4.69) is 46.5 Å². The van der Waals surface area contributed by atoms with Crippen LogP contribution in [0.4, 0.5) is 0 Å². The van der Waals surface area contributed by atoms with Crippen LogP contribution in [0.15, 0.2) is 77.2 Å². The highest BCUT2D eigenvalue weighted by Gasteiger charge is 2.42. The summed E-state index contributed by atoms with van der Waals surface area (Å²) >= 11 is 0. The molecule has 16 heteroatoms. The number of benzene rings is 2. The Bertz CT molecular complexity index is 2300. The highest BCUT2D eigenvalue weighted by molar-refractivity contribution is 6.12. The van der Waals surface area contributed by atoms with E-state index in [1.807, 2.05) is 107 Å². The minimum atomic E-state index is -0.659. The number of hydrogen-bond acceptors (Lipinski definition) is 12. The van der Waals surface area contributed by atoms with Crippen LogP contribution < -0.4 is 10.6 Å². The summed E-state index contributed by atoms with van der Waals surface area (Å²) in [5.74, 6) is -1.02. The smallest absolute Gasteiger partial charge is 0.253 e. The van der Waals surface area contributed by atoms with Crippen molar-refractivity contribution in [3.8, 4) is 11.5 Å². The highest BCUT2D eigenvalue weighted by Crippen LogP contribution is 2.34. The number of imide groups is 1. The molecule has 2 aromatic carbocycles. The molecule has 10 unspecified atom stereocenters. The van der Waals surface area contributed by atoms with Crippen molar-refractivity contribution in [2.24, 2.45) is 35.5 Å². The molecule has 2 aliphatic heterocycles. The number of carbonyl (C=O) groups is 6. The summed E-state index contributed by atoms with van der Waals surface area (Å²) in [7, 11) is 5.19. The average molecular weight is 1040 g/mol. The lowest BCUT2D eigenvalue weighted by molar-refractivity contribution is -0.143. The summed E-state index contributed by atoms with van der Waals surface area (Å²) < 4.78 is 18.5. The molecule has 1 fully saturated rings. The number of amides is 5. The van der Waals surface area contributed by atoms with Gasteiger partial charge in [0.15, 0.2) is 5.78 Å². The minimum absolute atomic E-state index is 0.00162. The number of ketones is 1. The largest absolute Gasteiger partial charge is 0.418 e. The average Bonchev–Trinajstić information content (AvgIpc) is 4.16. The fourth-order valence-corrected chi connectivity index (χ4v) is 11.1. The van der Waals surface area contributed by atoms with E-state index in [1.54, 1.807) is 14.2 Å². The van der Waals surface area contributed by atoms with Gasteiger partial charge in [-0.3, -0.25) is 38.6 Å². The van der Waals surface area contributed by atoms with Crippen LogP contribution in [-0.2, 0) is 44.7 Å². The van der Waals surface area contributed by atoms with Crippen molar-refractivity contribution >= 4 is 35.3 Å². The van der Waals surface area contributed by atoms with E-state index in [4.69, 9.17) is 13.9 Å². The van der Waals surface area contributed by atoms with E-state index < -0.39 is 36.3 Å². The van der Waals surface area contributed by atoms with Gasteiger partial charge in [-0.1, -0.05) is 123 Å². The first-order chi connectivity index (χ1) is 35.9. The molecule has 10 atom stereocenters. The van der Waals surface area contributed by atoms with Crippen molar-refractivity contribution in [2.75, 3.05) is 40.9 Å². The van der Waals surface area contributed by atoms with Crippen LogP contribution in [0.3, 0.4) is 0 Å². The first kappa shape index (κ1) is 60.3. The molecule has 1 saturated heterocycles. The van der Waals surface area contributed by atoms with Crippen LogP contribution in [0.1, 0.15) is 137 Å². The molecule has 0 aliphatic carbocycles. The highest BCUT2D eigenvalue weighted by atomic mass is 16.5. The Labute approximate surface area is 446 Å². The van der Waals surface area contributed by atoms with Crippen molar-refractivity contribution in [1.29, 1.82) is 0 Å². The van der Waals surface area contributed by atoms with E-state index in [9.17, 15) is 28.8 Å². The van der Waals surface area contributed by atoms with E-state index >= 15 is 0 Å². The summed E-state index contributed by atoms with van der Waals surface area (Å²) in [6.07, 6.45) is 8.74. The molecule has 2 aliphatic rings. The predicted octanol–water partition coefficient (Wildman–Crippen LogP) is 8.41. The van der Waals surface area contributed by atoms with E-state index in [0.29, 0.717) is 50.7 Å². The predicted molar refractivity (Wildman–Crippen MR) is 290 cm³/mol. The maximum Gasteiger partial charge on any atom is 0.253 e. The molecule has 412 valence electrons. The molecule has 0 spiro atoms. The van der Waals surface area contributed by atoms with Crippen LogP contribution >= 0.6 is 0 Å². The van der Waals surface area contributed by atoms with Crippen LogP contribution in [0.2, 0.25) is 0 Å². The number of likely N-dealkylation sites (tertiary alicyclic amines) is 1. The Kier molecular flexibility index (Phi) is 23.8. The number of ether oxygens (including phenoxy) is 2. The maximum atomic E-state index is 14.5. The van der Waals surface area contributed by atoms with Gasteiger partial charge in [0.2, 0.25) is 29.5 Å². The molecule has 5 rings (SSSR count). The number of unbranched alkanes of at least 4 members (excludes halogenated alkanes) is 3. The van der Waals surface area contributed by atoms with Crippen molar-refractivity contribution in [2.45, 2.75) is 162 Å². The zero-order chi connectivity index (χ0) is 54.8. The molecule has 3 heterocycles. The van der Waals surface area contributed by atoms with Gasteiger partial charge in [-0.05, 0) is 93.0 Å². The number of carbonyl (C=O) groups excluding carboxylic acids is 6. The third-order valence-corrected chi connectivity index (χ3v) is 15.5. The van der Waals surface area contributed by atoms with Crippen LogP contribution in [0.5, 0.6) is 0 Å². The van der Waals surface area contributed by atoms with Crippen molar-refractivity contribution in [3.63, 3.8) is 0 Å². The van der Waals surface area contributed by atoms with Gasteiger partial charge in [-0.15, -0.1) is 10.2 Å². The Balaban J connectivity index is 1.18. The zero-order valence-corrected chi connectivity index (χ0v) is 46.7. The van der Waals surface area contributed by atoms with Gasteiger partial charge < -0.3 is 29.4 Å². The van der Waals surface area contributed by atoms with Gasteiger partial charge in [0.05, 0.1) is 42.7 Å². The van der Waals surface area contributed by atoms with Crippen LogP contribution in [0.25, 0.3) is 11.5 Å². The Morgan fingerprint density at radius 1 is 0.800 bits per heavy atom. The molecule has 0 radical (unpaired) electrons. The number of aromatic nitrogens is 2. The normalized spacial score (nSPS) is 18.5. The first-order valence-electron chi connectivity index (χ1n) is 27.5. The summed E-state index contributed by atoms with van der Waals surface area (Å²) in [5.41, 5.74) is 1.77. The molecule has 16 nitrogen and oxygen atoms in total. The Morgan fingerprint density at radius 3 is 2.07 bits per heavy atom. The Hall–Kier alpha value is -5.58. The fraction of sp³-hybridized carbons (Fsp3) is 0.627. The number of nitrogens with one attached hydrogen (secondary N) is 2. The third-order valence-electron chi connectivity index (χ3n) is 15.5. The molecule has 2 N–H and O–H groups in total. The van der Waals surface area contributed by atoms with Gasteiger partial charge in [-0.2, -0.15) is 0 Å². The topological polar surface area (TPSA) is 194 Å². The lowest BCUT2D eigenvalue weighted by Crippen LogP contribution is -2.54. The summed E-state index contributed by atoms with van der Waals surface area (Å²) in [5, 5.41) is 15.0. The van der Waals surface area contributed by atoms with Gasteiger partial charge in [0, 0.05) is 57.9 Å². The lowest BCUT2D eigenvalue weighted by atomic mass is 9.77. The number of Topliss-reactive ketones (excluding diaryl/α,β-unsaturated/α-hetero) is 1. The molecule has 0 bridgehead atoms. The van der Waals surface area contributed by atoms with Gasteiger partial charge in [0.25, 0.3) is 11.8 Å². The van der Waals surface area contributed by atoms with Crippen LogP contribution in [0, 0.1) is 35.5 Å². The lowest BCUT2D eigenvalue weighted by Gasteiger charge is -2.37. The van der Waals surface area contributed by atoms with Crippen LogP contribution in [-0.4, -0.2) is 131 Å². The molecule has 0 saturated carbocycles. The van der Waals surface area contributed by atoms with Gasteiger partial charge >= 0.3 is 0 Å². The second-order valence-corrected chi connectivity index (χ2v) is 21.9. The second kappa shape index (κ2) is 29.6. The zero-order valence-electron chi connectivity index (χ0n) is 46.7. The molecule has 1 aromatic heterocycles. The summed E-state index contributed by atoms with van der Waals surface area (Å²) in [4.78, 5) is 85.9. The van der Waals surface area contributed by atoms with E-state index in [1.165, 1.54) is 17.1 Å². The standard InChI is InChI=1S/C59H87N7O9/c1-12-41(7)45(34-40(6)35-48(67)53(38(2)3)61-57(72)54(39(4)5)64(9)31-21-13-14-22-32-66-50(68)29-30-51(66)69)49(73-10)37-52(70)65-33-23-28-47(65)55(74-11)42(8)56(71)60-46(36-43-24-17-15-18-25-43)59-63-62-58(75-59)44-26-19-16-20-27-44/h15-20,24-27,29-30,38-42,45-47,49,53-55H,12-14,21-23,28,31-37H2,1-11H3,(H,60,71)(H,61,72). The van der Waals surface area contributed by atoms with Crippen molar-refractivity contribution in [3.05, 3.63) is 84.3 Å². The monoisotopic (exact) mass is 1040 g/mol. The number of hydrogen-bond donors (Lipinski definition) is 2. The van der Waals surface area contributed by atoms with Gasteiger partial charge in [-0.25, -0.2) is 0 Å². The molecule has 75 heavy (non-hydrogen) atoms.